The molecular weight excluding hydrogens is 244 g/mol. The number of hydrogen-bond acceptors (Lipinski definition) is 5. The van der Waals surface area contributed by atoms with Gasteiger partial charge in [0.1, 0.15) is 5.75 Å². The largest absolute Gasteiger partial charge is 0.497 e. The summed E-state index contributed by atoms with van der Waals surface area (Å²) in [5, 5.41) is 18.7. The molecule has 1 N–H and O–H groups in total. The average Bonchev–Trinajstić information content (AvgIpc) is 3.07. The van der Waals surface area contributed by atoms with Gasteiger partial charge in [0.15, 0.2) is 5.82 Å². The Labute approximate surface area is 109 Å². The van der Waals surface area contributed by atoms with Crippen LogP contribution >= 0.6 is 0 Å². The van der Waals surface area contributed by atoms with Crippen LogP contribution in [0.4, 0.5) is 0 Å². The Morgan fingerprint density at radius 3 is 2.63 bits per heavy atom. The summed E-state index contributed by atoms with van der Waals surface area (Å²) in [4.78, 5) is 0. The SMILES string of the molecule is COc1ccc(-n2nnnc2-c2cn[nH]c2C)cc1. The summed E-state index contributed by atoms with van der Waals surface area (Å²) in [6.07, 6.45) is 1.71. The molecule has 7 heteroatoms. The number of ether oxygens (including phenoxy) is 1. The fourth-order valence-electron chi connectivity index (χ4n) is 1.83. The molecule has 19 heavy (non-hydrogen) atoms. The fraction of sp³-hybridized carbons (Fsp3) is 0.167. The highest BCUT2D eigenvalue weighted by molar-refractivity contribution is 5.58. The Hall–Kier alpha value is -2.70. The monoisotopic (exact) mass is 256 g/mol. The van der Waals surface area contributed by atoms with E-state index in [1.54, 1.807) is 18.0 Å². The first-order valence-corrected chi connectivity index (χ1v) is 5.73. The third-order valence-electron chi connectivity index (χ3n) is 2.86. The molecule has 2 aromatic heterocycles. The van der Waals surface area contributed by atoms with E-state index in [-0.39, 0.29) is 0 Å². The summed E-state index contributed by atoms with van der Waals surface area (Å²) in [6, 6.07) is 7.52. The Morgan fingerprint density at radius 2 is 2.00 bits per heavy atom. The molecule has 0 aliphatic heterocycles. The van der Waals surface area contributed by atoms with E-state index in [4.69, 9.17) is 4.74 Å². The first-order valence-electron chi connectivity index (χ1n) is 5.73. The van der Waals surface area contributed by atoms with Crippen molar-refractivity contribution in [2.24, 2.45) is 0 Å². The lowest BCUT2D eigenvalue weighted by molar-refractivity contribution is 0.414. The van der Waals surface area contributed by atoms with Crippen LogP contribution in [-0.4, -0.2) is 37.5 Å². The van der Waals surface area contributed by atoms with Gasteiger partial charge in [0, 0.05) is 5.69 Å². The molecular formula is C12H12N6O. The molecule has 0 fully saturated rings. The maximum Gasteiger partial charge on any atom is 0.190 e. The Balaban J connectivity index is 2.06. The molecule has 96 valence electrons. The molecule has 3 rings (SSSR count). The molecule has 0 atom stereocenters. The van der Waals surface area contributed by atoms with Gasteiger partial charge in [0.2, 0.25) is 0 Å². The molecule has 0 amide bonds. The number of hydrogen-bond donors (Lipinski definition) is 1. The molecule has 0 spiro atoms. The number of aromatic amines is 1. The first kappa shape index (κ1) is 11.4. The summed E-state index contributed by atoms with van der Waals surface area (Å²) in [6.45, 7) is 1.93. The highest BCUT2D eigenvalue weighted by Gasteiger charge is 2.14. The second-order valence-electron chi connectivity index (χ2n) is 4.02. The number of nitrogens with zero attached hydrogens (tertiary/aromatic N) is 5. The van der Waals surface area contributed by atoms with Crippen LogP contribution in [0.5, 0.6) is 5.75 Å². The second-order valence-corrected chi connectivity index (χ2v) is 4.02. The van der Waals surface area contributed by atoms with Gasteiger partial charge < -0.3 is 4.74 Å². The number of H-pyrrole nitrogens is 1. The minimum absolute atomic E-state index is 0.649. The van der Waals surface area contributed by atoms with Crippen molar-refractivity contribution >= 4 is 0 Å². The summed E-state index contributed by atoms with van der Waals surface area (Å²) in [5.41, 5.74) is 2.66. The minimum Gasteiger partial charge on any atom is -0.497 e. The molecule has 1 aromatic carbocycles. The van der Waals surface area contributed by atoms with Crippen LogP contribution in [-0.2, 0) is 0 Å². The van der Waals surface area contributed by atoms with Crippen molar-refractivity contribution in [3.05, 3.63) is 36.2 Å². The van der Waals surface area contributed by atoms with Gasteiger partial charge in [0.05, 0.1) is 24.6 Å². The van der Waals surface area contributed by atoms with Gasteiger partial charge in [-0.05, 0) is 41.6 Å². The van der Waals surface area contributed by atoms with Crippen LogP contribution in [0, 0.1) is 6.92 Å². The van der Waals surface area contributed by atoms with Crippen molar-refractivity contribution in [3.63, 3.8) is 0 Å². The molecule has 0 aliphatic carbocycles. The number of rotatable bonds is 3. The van der Waals surface area contributed by atoms with Gasteiger partial charge in [-0.25, -0.2) is 0 Å². The Morgan fingerprint density at radius 1 is 1.21 bits per heavy atom. The summed E-state index contributed by atoms with van der Waals surface area (Å²) >= 11 is 0. The lowest BCUT2D eigenvalue weighted by Crippen LogP contribution is -2.00. The topological polar surface area (TPSA) is 81.5 Å². The number of nitrogens with one attached hydrogen (secondary N) is 1. The predicted octanol–water partition coefficient (Wildman–Crippen LogP) is 1.37. The quantitative estimate of drug-likeness (QED) is 0.765. The van der Waals surface area contributed by atoms with Gasteiger partial charge in [-0.15, -0.1) is 5.10 Å². The van der Waals surface area contributed by atoms with E-state index in [2.05, 4.69) is 25.7 Å². The van der Waals surface area contributed by atoms with E-state index in [1.165, 1.54) is 0 Å². The smallest absolute Gasteiger partial charge is 0.190 e. The highest BCUT2D eigenvalue weighted by atomic mass is 16.5. The maximum atomic E-state index is 5.13. The zero-order valence-corrected chi connectivity index (χ0v) is 10.5. The van der Waals surface area contributed by atoms with Crippen molar-refractivity contribution in [1.29, 1.82) is 0 Å². The van der Waals surface area contributed by atoms with Gasteiger partial charge in [-0.3, -0.25) is 5.10 Å². The molecule has 2 heterocycles. The zero-order valence-electron chi connectivity index (χ0n) is 10.5. The van der Waals surface area contributed by atoms with E-state index in [0.717, 1.165) is 22.7 Å². The van der Waals surface area contributed by atoms with Gasteiger partial charge in [-0.1, -0.05) is 0 Å². The lowest BCUT2D eigenvalue weighted by atomic mass is 10.2. The minimum atomic E-state index is 0.649. The lowest BCUT2D eigenvalue weighted by Gasteiger charge is -2.05. The van der Waals surface area contributed by atoms with E-state index in [1.807, 2.05) is 31.2 Å². The predicted molar refractivity (Wildman–Crippen MR) is 68.0 cm³/mol. The molecule has 0 bridgehead atoms. The van der Waals surface area contributed by atoms with Crippen LogP contribution in [0.25, 0.3) is 17.1 Å². The molecule has 0 radical (unpaired) electrons. The highest BCUT2D eigenvalue weighted by Crippen LogP contribution is 2.22. The average molecular weight is 256 g/mol. The van der Waals surface area contributed by atoms with Crippen LogP contribution in [0.1, 0.15) is 5.69 Å². The van der Waals surface area contributed by atoms with Crippen LogP contribution in [0.15, 0.2) is 30.5 Å². The van der Waals surface area contributed by atoms with E-state index in [9.17, 15) is 0 Å². The molecule has 0 saturated carbocycles. The van der Waals surface area contributed by atoms with E-state index in [0.29, 0.717) is 5.82 Å². The zero-order chi connectivity index (χ0) is 13.2. The number of tetrazole rings is 1. The van der Waals surface area contributed by atoms with Crippen LogP contribution in [0.2, 0.25) is 0 Å². The summed E-state index contributed by atoms with van der Waals surface area (Å²) in [7, 11) is 1.63. The standard InChI is InChI=1S/C12H12N6O/c1-8-11(7-13-14-8)12-15-16-17-18(12)9-3-5-10(19-2)6-4-9/h3-7H,1-2H3,(H,13,14). The van der Waals surface area contributed by atoms with E-state index >= 15 is 0 Å². The number of aryl methyl sites for hydroxylation is 1. The van der Waals surface area contributed by atoms with Crippen LogP contribution < -0.4 is 4.74 Å². The van der Waals surface area contributed by atoms with Crippen LogP contribution in [0.3, 0.4) is 0 Å². The summed E-state index contributed by atoms with van der Waals surface area (Å²) < 4.78 is 6.80. The summed E-state index contributed by atoms with van der Waals surface area (Å²) in [5.74, 6) is 1.44. The van der Waals surface area contributed by atoms with Crippen molar-refractivity contribution in [3.8, 4) is 22.8 Å². The van der Waals surface area contributed by atoms with Crippen molar-refractivity contribution in [2.45, 2.75) is 6.92 Å². The number of aromatic nitrogens is 6. The Bertz CT molecular complexity index is 684. The van der Waals surface area contributed by atoms with Crippen molar-refractivity contribution in [1.82, 2.24) is 30.4 Å². The molecule has 3 aromatic rings. The molecule has 0 unspecified atom stereocenters. The van der Waals surface area contributed by atoms with Crippen molar-refractivity contribution in [2.75, 3.05) is 7.11 Å². The molecule has 7 nitrogen and oxygen atoms in total. The number of methoxy groups -OCH3 is 1. The van der Waals surface area contributed by atoms with Gasteiger partial charge >= 0.3 is 0 Å². The fourth-order valence-corrected chi connectivity index (χ4v) is 1.83. The van der Waals surface area contributed by atoms with E-state index < -0.39 is 0 Å². The van der Waals surface area contributed by atoms with Gasteiger partial charge in [0.25, 0.3) is 0 Å². The Kier molecular flexibility index (Phi) is 2.71. The normalized spacial score (nSPS) is 10.6. The maximum absolute atomic E-state index is 5.13. The third kappa shape index (κ3) is 1.95. The van der Waals surface area contributed by atoms with Crippen molar-refractivity contribution < 1.29 is 4.74 Å². The first-order chi connectivity index (χ1) is 9.29. The third-order valence-corrected chi connectivity index (χ3v) is 2.86. The molecule has 0 aliphatic rings. The molecule has 0 saturated heterocycles. The second kappa shape index (κ2) is 4.52. The van der Waals surface area contributed by atoms with Gasteiger partial charge in [-0.2, -0.15) is 9.78 Å². The number of benzene rings is 1.